The van der Waals surface area contributed by atoms with Crippen molar-refractivity contribution in [2.75, 3.05) is 19.0 Å². The van der Waals surface area contributed by atoms with Gasteiger partial charge in [0.2, 0.25) is 0 Å². The van der Waals surface area contributed by atoms with Gasteiger partial charge >= 0.3 is 0 Å². The molecule has 0 amide bonds. The van der Waals surface area contributed by atoms with E-state index in [1.165, 1.54) is 0 Å². The van der Waals surface area contributed by atoms with E-state index in [9.17, 15) is 0 Å². The average Bonchev–Trinajstić information content (AvgIpc) is 2.90. The molecule has 2 aromatic heterocycles. The van der Waals surface area contributed by atoms with Crippen LogP contribution in [-0.4, -0.2) is 29.8 Å². The van der Waals surface area contributed by atoms with E-state index in [1.807, 2.05) is 38.4 Å². The van der Waals surface area contributed by atoms with Gasteiger partial charge in [-0.3, -0.25) is 9.97 Å². The number of benzene rings is 1. The zero-order chi connectivity index (χ0) is 15.8. The number of fused-ring (bicyclic) bond motifs is 3. The molecule has 23 heavy (non-hydrogen) atoms. The number of nitrogens with zero attached hydrogens (tertiary/aromatic N) is 4. The Bertz CT molecular complexity index is 848. The quantitative estimate of drug-likeness (QED) is 0.567. The maximum atomic E-state index is 4.86. The molecule has 4 heteroatoms. The predicted molar refractivity (Wildman–Crippen MR) is 93.5 cm³/mol. The molecule has 0 N–H and O–H groups in total. The van der Waals surface area contributed by atoms with Crippen LogP contribution in [0.2, 0.25) is 0 Å². The fourth-order valence-corrected chi connectivity index (χ4v) is 2.79. The Kier molecular flexibility index (Phi) is 3.15. The van der Waals surface area contributed by atoms with E-state index in [0.29, 0.717) is 0 Å². The Morgan fingerprint density at radius 2 is 1.35 bits per heavy atom. The van der Waals surface area contributed by atoms with Crippen molar-refractivity contribution < 1.29 is 0 Å². The normalized spacial score (nSPS) is 11.8. The number of rotatable bonds is 2. The van der Waals surface area contributed by atoms with E-state index in [1.54, 1.807) is 12.4 Å². The lowest BCUT2D eigenvalue weighted by atomic mass is 10.1. The van der Waals surface area contributed by atoms with Crippen LogP contribution in [0.15, 0.2) is 65.9 Å². The van der Waals surface area contributed by atoms with Crippen LogP contribution in [0.4, 0.5) is 11.4 Å². The second kappa shape index (κ2) is 5.32. The summed E-state index contributed by atoms with van der Waals surface area (Å²) in [5, 5.41) is 0. The van der Waals surface area contributed by atoms with Crippen LogP contribution < -0.4 is 4.90 Å². The minimum Gasteiger partial charge on any atom is -0.378 e. The van der Waals surface area contributed by atoms with Gasteiger partial charge in [-0.15, -0.1) is 0 Å². The van der Waals surface area contributed by atoms with E-state index < -0.39 is 0 Å². The van der Waals surface area contributed by atoms with E-state index in [4.69, 9.17) is 4.99 Å². The first-order chi connectivity index (χ1) is 11.2. The second-order valence-electron chi connectivity index (χ2n) is 5.67. The summed E-state index contributed by atoms with van der Waals surface area (Å²) in [6.07, 6.45) is 3.60. The highest BCUT2D eigenvalue weighted by molar-refractivity contribution is 6.23. The highest BCUT2D eigenvalue weighted by atomic mass is 15.1. The molecule has 1 aliphatic carbocycles. The van der Waals surface area contributed by atoms with E-state index in [0.717, 1.165) is 39.6 Å². The molecule has 4 nitrogen and oxygen atoms in total. The molecule has 1 aromatic carbocycles. The third kappa shape index (κ3) is 2.28. The van der Waals surface area contributed by atoms with Gasteiger partial charge in [-0.2, -0.15) is 0 Å². The molecular formula is C19H16N4. The highest BCUT2D eigenvalue weighted by Gasteiger charge is 2.26. The first-order valence-electron chi connectivity index (χ1n) is 7.51. The molecule has 112 valence electrons. The third-order valence-electron chi connectivity index (χ3n) is 3.96. The summed E-state index contributed by atoms with van der Waals surface area (Å²) in [5.74, 6) is 0. The van der Waals surface area contributed by atoms with Gasteiger partial charge in [-0.05, 0) is 48.5 Å². The van der Waals surface area contributed by atoms with Crippen molar-refractivity contribution in [2.24, 2.45) is 4.99 Å². The molecular weight excluding hydrogens is 284 g/mol. The van der Waals surface area contributed by atoms with Crippen LogP contribution in [0.5, 0.6) is 0 Å². The van der Waals surface area contributed by atoms with Gasteiger partial charge in [0, 0.05) is 43.3 Å². The Hall–Kier alpha value is -3.01. The molecule has 4 rings (SSSR count). The minimum absolute atomic E-state index is 0.909. The van der Waals surface area contributed by atoms with Gasteiger partial charge in [-0.25, -0.2) is 4.99 Å². The summed E-state index contributed by atoms with van der Waals surface area (Å²) < 4.78 is 0. The number of hydrogen-bond donors (Lipinski definition) is 0. The van der Waals surface area contributed by atoms with E-state index in [-0.39, 0.29) is 0 Å². The second-order valence-corrected chi connectivity index (χ2v) is 5.67. The summed E-state index contributed by atoms with van der Waals surface area (Å²) in [7, 11) is 4.06. The lowest BCUT2D eigenvalue weighted by molar-refractivity contribution is 1.13. The summed E-state index contributed by atoms with van der Waals surface area (Å²) in [5.41, 5.74) is 6.92. The Morgan fingerprint density at radius 1 is 0.783 bits per heavy atom. The zero-order valence-electron chi connectivity index (χ0n) is 13.1. The van der Waals surface area contributed by atoms with Crippen molar-refractivity contribution in [1.29, 1.82) is 0 Å². The van der Waals surface area contributed by atoms with Gasteiger partial charge in [-0.1, -0.05) is 0 Å². The lowest BCUT2D eigenvalue weighted by Crippen LogP contribution is -2.07. The SMILES string of the molecule is CN(C)c1ccc(N=C2c3cccnc3-c3ncccc32)cc1. The molecule has 3 aromatic rings. The van der Waals surface area contributed by atoms with Crippen LogP contribution >= 0.6 is 0 Å². The molecule has 2 heterocycles. The number of aliphatic imine (C=N–C) groups is 1. The molecule has 0 fully saturated rings. The van der Waals surface area contributed by atoms with Crippen molar-refractivity contribution in [3.63, 3.8) is 0 Å². The highest BCUT2D eigenvalue weighted by Crippen LogP contribution is 2.34. The predicted octanol–water partition coefficient (Wildman–Crippen LogP) is 3.69. The third-order valence-corrected chi connectivity index (χ3v) is 3.96. The lowest BCUT2D eigenvalue weighted by Gasteiger charge is -2.11. The van der Waals surface area contributed by atoms with E-state index in [2.05, 4.69) is 39.1 Å². The van der Waals surface area contributed by atoms with Crippen molar-refractivity contribution in [3.05, 3.63) is 72.1 Å². The molecule has 0 spiro atoms. The Labute approximate surface area is 135 Å². The molecule has 0 saturated carbocycles. The topological polar surface area (TPSA) is 41.4 Å². The number of hydrogen-bond acceptors (Lipinski definition) is 4. The first-order valence-corrected chi connectivity index (χ1v) is 7.51. The van der Waals surface area contributed by atoms with Crippen LogP contribution in [0.3, 0.4) is 0 Å². The Morgan fingerprint density at radius 3 is 1.87 bits per heavy atom. The minimum atomic E-state index is 0.909. The molecule has 1 aliphatic rings. The van der Waals surface area contributed by atoms with Crippen molar-refractivity contribution in [1.82, 2.24) is 9.97 Å². The zero-order valence-corrected chi connectivity index (χ0v) is 13.1. The van der Waals surface area contributed by atoms with Gasteiger partial charge in [0.25, 0.3) is 0 Å². The molecule has 0 atom stereocenters. The number of aromatic nitrogens is 2. The fraction of sp³-hybridized carbons (Fsp3) is 0.105. The molecule has 0 saturated heterocycles. The fourth-order valence-electron chi connectivity index (χ4n) is 2.79. The summed E-state index contributed by atoms with van der Waals surface area (Å²) >= 11 is 0. The van der Waals surface area contributed by atoms with Gasteiger partial charge in [0.15, 0.2) is 0 Å². The number of anilines is 1. The van der Waals surface area contributed by atoms with Gasteiger partial charge in [0.05, 0.1) is 22.8 Å². The summed E-state index contributed by atoms with van der Waals surface area (Å²) in [4.78, 5) is 15.9. The van der Waals surface area contributed by atoms with Crippen LogP contribution in [0, 0.1) is 0 Å². The van der Waals surface area contributed by atoms with Crippen LogP contribution in [0.1, 0.15) is 11.1 Å². The van der Waals surface area contributed by atoms with Crippen molar-refractivity contribution in [3.8, 4) is 11.4 Å². The van der Waals surface area contributed by atoms with Crippen molar-refractivity contribution in [2.45, 2.75) is 0 Å². The van der Waals surface area contributed by atoms with Gasteiger partial charge in [0.1, 0.15) is 0 Å². The van der Waals surface area contributed by atoms with E-state index >= 15 is 0 Å². The smallest absolute Gasteiger partial charge is 0.0987 e. The average molecular weight is 300 g/mol. The maximum absolute atomic E-state index is 4.86. The maximum Gasteiger partial charge on any atom is 0.0987 e. The first kappa shape index (κ1) is 13.6. The molecule has 0 bridgehead atoms. The Balaban J connectivity index is 1.85. The molecule has 0 unspecified atom stereocenters. The summed E-state index contributed by atoms with van der Waals surface area (Å²) in [6, 6.07) is 16.2. The van der Waals surface area contributed by atoms with Crippen molar-refractivity contribution >= 4 is 17.1 Å². The number of pyridine rings is 2. The van der Waals surface area contributed by atoms with Gasteiger partial charge < -0.3 is 4.90 Å². The van der Waals surface area contributed by atoms with Crippen LogP contribution in [-0.2, 0) is 0 Å². The standard InChI is InChI=1S/C19H16N4/c1-23(2)14-9-7-13(8-10-14)22-17-15-5-3-11-20-18(15)19-16(17)6-4-12-21-19/h3-12H,1-2H3. The summed E-state index contributed by atoms with van der Waals surface area (Å²) in [6.45, 7) is 0. The molecule has 0 aliphatic heterocycles. The van der Waals surface area contributed by atoms with Crippen LogP contribution in [0.25, 0.3) is 11.4 Å². The monoisotopic (exact) mass is 300 g/mol. The largest absolute Gasteiger partial charge is 0.378 e. The molecule has 0 radical (unpaired) electrons.